The zero-order valence-corrected chi connectivity index (χ0v) is 7.88. The number of nitrogens with one attached hydrogen (secondary N) is 1. The first-order chi connectivity index (χ1) is 6.06. The van der Waals surface area contributed by atoms with Crippen LogP contribution < -0.4 is 11.3 Å². The molecule has 0 aliphatic heterocycles. The van der Waals surface area contributed by atoms with Gasteiger partial charge >= 0.3 is 0 Å². The molecule has 0 aliphatic carbocycles. The molecule has 1 aromatic heterocycles. The summed E-state index contributed by atoms with van der Waals surface area (Å²) in [5.41, 5.74) is 3.81. The molecule has 0 saturated carbocycles. The number of nitrogen functional groups attached to an aromatic ring is 1. The molecule has 1 rings (SSSR count). The summed E-state index contributed by atoms with van der Waals surface area (Å²) in [6.45, 7) is 5.29. The molecule has 0 atom stereocenters. The lowest BCUT2D eigenvalue weighted by Crippen LogP contribution is -2.31. The monoisotopic (exact) mass is 180 g/mol. The van der Waals surface area contributed by atoms with Crippen molar-refractivity contribution in [3.05, 3.63) is 22.8 Å². The van der Waals surface area contributed by atoms with Crippen LogP contribution in [0.4, 0.5) is 0 Å². The van der Waals surface area contributed by atoms with Crippen LogP contribution in [-0.4, -0.2) is 15.9 Å². The van der Waals surface area contributed by atoms with Gasteiger partial charge in [-0.25, -0.2) is 15.8 Å². The molecular formula is C8H12N4O. The van der Waals surface area contributed by atoms with E-state index >= 15 is 0 Å². The smallest absolute Gasteiger partial charge is 0.268 e. The molecule has 0 aliphatic rings. The Labute approximate surface area is 76.4 Å². The number of rotatable bonds is 1. The molecule has 3 N–H and O–H groups in total. The molecule has 1 amide bonds. The summed E-state index contributed by atoms with van der Waals surface area (Å²) in [4.78, 5) is 19.4. The highest BCUT2D eigenvalue weighted by Gasteiger charge is 2.13. The molecule has 0 fully saturated rings. The van der Waals surface area contributed by atoms with Crippen LogP contribution in [0.2, 0.25) is 0 Å². The van der Waals surface area contributed by atoms with E-state index < -0.39 is 0 Å². The Kier molecular flexibility index (Phi) is 2.57. The van der Waals surface area contributed by atoms with E-state index in [1.807, 2.05) is 0 Å². The third-order valence-corrected chi connectivity index (χ3v) is 1.74. The maximum Gasteiger partial charge on any atom is 0.268 e. The Bertz CT molecular complexity index is 325. The van der Waals surface area contributed by atoms with Crippen LogP contribution in [0.3, 0.4) is 0 Å². The third-order valence-electron chi connectivity index (χ3n) is 1.74. The van der Waals surface area contributed by atoms with Gasteiger partial charge in [0.25, 0.3) is 5.91 Å². The van der Waals surface area contributed by atoms with Gasteiger partial charge in [0.05, 0.1) is 17.0 Å². The Balaban J connectivity index is 3.28. The zero-order chi connectivity index (χ0) is 10.0. The first kappa shape index (κ1) is 9.60. The fourth-order valence-corrected chi connectivity index (χ4v) is 1.28. The van der Waals surface area contributed by atoms with Gasteiger partial charge in [-0.3, -0.25) is 10.2 Å². The zero-order valence-electron chi connectivity index (χ0n) is 7.88. The summed E-state index contributed by atoms with van der Waals surface area (Å²) in [7, 11) is 0. The SMILES string of the molecule is Cc1nc(C)c(C(=O)NN)c(C)n1. The minimum absolute atomic E-state index is 0.352. The third kappa shape index (κ3) is 1.81. The fraction of sp³-hybridized carbons (Fsp3) is 0.375. The Morgan fingerprint density at radius 3 is 2.08 bits per heavy atom. The molecule has 5 heteroatoms. The predicted octanol–water partition coefficient (Wildman–Crippen LogP) is 0.00536. The van der Waals surface area contributed by atoms with E-state index in [9.17, 15) is 4.79 Å². The van der Waals surface area contributed by atoms with Gasteiger partial charge in [0.15, 0.2) is 0 Å². The summed E-state index contributed by atoms with van der Waals surface area (Å²) in [6.07, 6.45) is 0. The Morgan fingerprint density at radius 2 is 1.69 bits per heavy atom. The van der Waals surface area contributed by atoms with Gasteiger partial charge < -0.3 is 0 Å². The standard InChI is InChI=1S/C8H12N4O/c1-4-7(8(13)12-9)5(2)11-6(3)10-4/h9H2,1-3H3,(H,12,13). The summed E-state index contributed by atoms with van der Waals surface area (Å²) in [5.74, 6) is 5.33. The number of carbonyl (C=O) groups excluding carboxylic acids is 1. The number of amides is 1. The molecule has 0 spiro atoms. The lowest BCUT2D eigenvalue weighted by atomic mass is 10.1. The number of hydrogen-bond donors (Lipinski definition) is 2. The van der Waals surface area contributed by atoms with Crippen molar-refractivity contribution >= 4 is 5.91 Å². The number of carbonyl (C=O) groups is 1. The average Bonchev–Trinajstić information content (AvgIpc) is 2.02. The molecule has 1 heterocycles. The molecular weight excluding hydrogens is 168 g/mol. The van der Waals surface area contributed by atoms with Crippen molar-refractivity contribution < 1.29 is 4.79 Å². The van der Waals surface area contributed by atoms with Crippen LogP contribution in [0.15, 0.2) is 0 Å². The summed E-state index contributed by atoms with van der Waals surface area (Å²) in [6, 6.07) is 0. The number of nitrogens with two attached hydrogens (primary N) is 1. The highest BCUT2D eigenvalue weighted by Crippen LogP contribution is 2.08. The minimum atomic E-state index is -0.352. The van der Waals surface area contributed by atoms with E-state index in [1.54, 1.807) is 20.8 Å². The quantitative estimate of drug-likeness (QED) is 0.362. The van der Waals surface area contributed by atoms with E-state index in [1.165, 1.54) is 0 Å². The van der Waals surface area contributed by atoms with Crippen LogP contribution in [0, 0.1) is 20.8 Å². The molecule has 0 bridgehead atoms. The van der Waals surface area contributed by atoms with Gasteiger partial charge in [0.2, 0.25) is 0 Å². The topological polar surface area (TPSA) is 80.9 Å². The second kappa shape index (κ2) is 3.49. The van der Waals surface area contributed by atoms with Crippen LogP contribution in [-0.2, 0) is 0 Å². The van der Waals surface area contributed by atoms with E-state index in [2.05, 4.69) is 15.4 Å². The van der Waals surface area contributed by atoms with Gasteiger partial charge in [0, 0.05) is 0 Å². The molecule has 1 aromatic rings. The van der Waals surface area contributed by atoms with Crippen molar-refractivity contribution in [3.8, 4) is 0 Å². The van der Waals surface area contributed by atoms with Crippen LogP contribution in [0.25, 0.3) is 0 Å². The summed E-state index contributed by atoms with van der Waals surface area (Å²) in [5, 5.41) is 0. The maximum atomic E-state index is 11.3. The van der Waals surface area contributed by atoms with Gasteiger partial charge in [-0.15, -0.1) is 0 Å². The van der Waals surface area contributed by atoms with Gasteiger partial charge in [-0.1, -0.05) is 0 Å². The summed E-state index contributed by atoms with van der Waals surface area (Å²) < 4.78 is 0. The second-order valence-corrected chi connectivity index (χ2v) is 2.79. The maximum absolute atomic E-state index is 11.3. The van der Waals surface area contributed by atoms with Gasteiger partial charge in [-0.2, -0.15) is 0 Å². The molecule has 0 saturated heterocycles. The normalized spacial score (nSPS) is 9.85. The van der Waals surface area contributed by atoms with E-state index in [0.29, 0.717) is 22.8 Å². The Morgan fingerprint density at radius 1 is 1.23 bits per heavy atom. The number of nitrogens with zero attached hydrogens (tertiary/aromatic N) is 2. The molecule has 70 valence electrons. The van der Waals surface area contributed by atoms with Crippen LogP contribution >= 0.6 is 0 Å². The van der Waals surface area contributed by atoms with Crippen molar-refractivity contribution in [2.75, 3.05) is 0 Å². The Hall–Kier alpha value is -1.49. The van der Waals surface area contributed by atoms with Crippen molar-refractivity contribution in [2.24, 2.45) is 5.84 Å². The van der Waals surface area contributed by atoms with Crippen molar-refractivity contribution in [1.82, 2.24) is 15.4 Å². The first-order valence-electron chi connectivity index (χ1n) is 3.89. The molecule has 0 aromatic carbocycles. The molecule has 13 heavy (non-hydrogen) atoms. The average molecular weight is 180 g/mol. The van der Waals surface area contributed by atoms with E-state index in [4.69, 9.17) is 5.84 Å². The lowest BCUT2D eigenvalue weighted by molar-refractivity contribution is 0.0951. The predicted molar refractivity (Wildman–Crippen MR) is 47.9 cm³/mol. The van der Waals surface area contributed by atoms with Gasteiger partial charge in [-0.05, 0) is 20.8 Å². The van der Waals surface area contributed by atoms with Crippen LogP contribution in [0.1, 0.15) is 27.6 Å². The van der Waals surface area contributed by atoms with E-state index in [-0.39, 0.29) is 5.91 Å². The number of aromatic nitrogens is 2. The molecule has 0 unspecified atom stereocenters. The number of hydrogen-bond acceptors (Lipinski definition) is 4. The van der Waals surface area contributed by atoms with Crippen molar-refractivity contribution in [1.29, 1.82) is 0 Å². The largest absolute Gasteiger partial charge is 0.290 e. The number of aryl methyl sites for hydroxylation is 3. The van der Waals surface area contributed by atoms with Crippen molar-refractivity contribution in [3.63, 3.8) is 0 Å². The summed E-state index contributed by atoms with van der Waals surface area (Å²) >= 11 is 0. The first-order valence-corrected chi connectivity index (χ1v) is 3.89. The fourth-order valence-electron chi connectivity index (χ4n) is 1.28. The number of hydrazine groups is 1. The second-order valence-electron chi connectivity index (χ2n) is 2.79. The lowest BCUT2D eigenvalue weighted by Gasteiger charge is -2.06. The highest BCUT2D eigenvalue weighted by atomic mass is 16.2. The van der Waals surface area contributed by atoms with Crippen LogP contribution in [0.5, 0.6) is 0 Å². The highest BCUT2D eigenvalue weighted by molar-refractivity contribution is 5.95. The minimum Gasteiger partial charge on any atom is -0.290 e. The molecule has 0 radical (unpaired) electrons. The van der Waals surface area contributed by atoms with Gasteiger partial charge in [0.1, 0.15) is 5.82 Å². The van der Waals surface area contributed by atoms with Crippen molar-refractivity contribution in [2.45, 2.75) is 20.8 Å². The van der Waals surface area contributed by atoms with E-state index in [0.717, 1.165) is 0 Å². The molecule has 5 nitrogen and oxygen atoms in total.